The van der Waals surface area contributed by atoms with Gasteiger partial charge in [0.15, 0.2) is 0 Å². The number of rotatable bonds is 2. The number of carbonyl (C=O) groups is 2. The van der Waals surface area contributed by atoms with Crippen molar-refractivity contribution in [3.05, 3.63) is 52.5 Å². The van der Waals surface area contributed by atoms with E-state index in [1.165, 1.54) is 12.1 Å². The van der Waals surface area contributed by atoms with E-state index in [9.17, 15) is 14.0 Å². The van der Waals surface area contributed by atoms with Gasteiger partial charge >= 0.3 is 0 Å². The van der Waals surface area contributed by atoms with Crippen molar-refractivity contribution in [2.24, 2.45) is 0 Å². The molecular weight excluding hydrogens is 353 g/mol. The molecule has 2 amide bonds. The van der Waals surface area contributed by atoms with Gasteiger partial charge in [0.1, 0.15) is 5.82 Å². The van der Waals surface area contributed by atoms with Crippen LogP contribution < -0.4 is 4.90 Å². The summed E-state index contributed by atoms with van der Waals surface area (Å²) < 4.78 is 14.0. The van der Waals surface area contributed by atoms with Crippen molar-refractivity contribution in [2.45, 2.75) is 12.0 Å². The Hall–Kier alpha value is -2.25. The predicted molar refractivity (Wildman–Crippen MR) is 99.0 cm³/mol. The van der Waals surface area contributed by atoms with Gasteiger partial charge in [0.2, 0.25) is 5.91 Å². The molecule has 4 rings (SSSR count). The van der Waals surface area contributed by atoms with Crippen LogP contribution in [0.4, 0.5) is 10.1 Å². The third-order valence-electron chi connectivity index (χ3n) is 5.48. The summed E-state index contributed by atoms with van der Waals surface area (Å²) in [4.78, 5) is 30.8. The van der Waals surface area contributed by atoms with Crippen molar-refractivity contribution in [1.82, 2.24) is 9.80 Å². The molecule has 1 atom stereocenters. The third kappa shape index (κ3) is 2.81. The van der Waals surface area contributed by atoms with Gasteiger partial charge < -0.3 is 9.80 Å². The smallest absolute Gasteiger partial charge is 0.256 e. The van der Waals surface area contributed by atoms with Crippen LogP contribution in [-0.4, -0.2) is 60.4 Å². The molecule has 2 saturated heterocycles. The summed E-state index contributed by atoms with van der Waals surface area (Å²) in [5, 5.41) is 3.92. The van der Waals surface area contributed by atoms with Gasteiger partial charge in [-0.15, -0.1) is 0 Å². The molecule has 5 nitrogen and oxygen atoms in total. The Morgan fingerprint density at radius 2 is 2.04 bits per heavy atom. The number of hydrogen-bond acceptors (Lipinski definition) is 4. The number of benzene rings is 1. The van der Waals surface area contributed by atoms with Crippen LogP contribution in [0.1, 0.15) is 16.8 Å². The molecule has 1 spiro atoms. The normalized spacial score (nSPS) is 23.8. The Balaban J connectivity index is 1.57. The van der Waals surface area contributed by atoms with E-state index in [4.69, 9.17) is 0 Å². The number of amides is 2. The molecule has 26 heavy (non-hydrogen) atoms. The monoisotopic (exact) mass is 373 g/mol. The van der Waals surface area contributed by atoms with Gasteiger partial charge in [0.05, 0.1) is 23.3 Å². The molecule has 2 aliphatic rings. The Labute approximate surface area is 155 Å². The van der Waals surface area contributed by atoms with E-state index >= 15 is 0 Å². The van der Waals surface area contributed by atoms with Gasteiger partial charge in [-0.25, -0.2) is 4.39 Å². The zero-order valence-electron chi connectivity index (χ0n) is 14.5. The van der Waals surface area contributed by atoms with Gasteiger partial charge in [0.25, 0.3) is 5.91 Å². The number of thiophene rings is 1. The second-order valence-electron chi connectivity index (χ2n) is 7.00. The molecule has 0 radical (unpaired) electrons. The lowest BCUT2D eigenvalue weighted by Gasteiger charge is -2.46. The first-order valence-corrected chi connectivity index (χ1v) is 9.52. The maximum Gasteiger partial charge on any atom is 0.256 e. The molecule has 0 N–H and O–H groups in total. The number of anilines is 1. The molecule has 2 fully saturated rings. The molecule has 3 heterocycles. The molecule has 1 aromatic carbocycles. The molecule has 136 valence electrons. The van der Waals surface area contributed by atoms with Crippen molar-refractivity contribution >= 4 is 28.8 Å². The van der Waals surface area contributed by atoms with E-state index in [1.54, 1.807) is 28.4 Å². The zero-order valence-corrected chi connectivity index (χ0v) is 15.3. The fraction of sp³-hybridized carbons (Fsp3) is 0.368. The van der Waals surface area contributed by atoms with Crippen LogP contribution in [0.3, 0.4) is 0 Å². The van der Waals surface area contributed by atoms with Crippen LogP contribution in [0.25, 0.3) is 0 Å². The van der Waals surface area contributed by atoms with E-state index in [1.807, 2.05) is 33.7 Å². The summed E-state index contributed by atoms with van der Waals surface area (Å²) in [5.74, 6) is -0.715. The number of likely N-dealkylation sites (tertiary alicyclic amines) is 1. The summed E-state index contributed by atoms with van der Waals surface area (Å²) in [6, 6.07) is 8.03. The van der Waals surface area contributed by atoms with Crippen LogP contribution in [0.15, 0.2) is 41.1 Å². The summed E-state index contributed by atoms with van der Waals surface area (Å²) in [5.41, 5.74) is 0.719. The average Bonchev–Trinajstić information content (AvgIpc) is 3.29. The summed E-state index contributed by atoms with van der Waals surface area (Å²) in [7, 11) is 1.93. The highest BCUT2D eigenvalue weighted by atomic mass is 32.1. The molecule has 7 heteroatoms. The molecule has 0 aliphatic carbocycles. The molecule has 0 saturated carbocycles. The maximum atomic E-state index is 14.0. The number of piperazine rings is 1. The fourth-order valence-corrected chi connectivity index (χ4v) is 4.52. The van der Waals surface area contributed by atoms with E-state index < -0.39 is 5.82 Å². The van der Waals surface area contributed by atoms with E-state index in [0.717, 1.165) is 12.1 Å². The lowest BCUT2D eigenvalue weighted by atomic mass is 9.93. The minimum absolute atomic E-state index is 0.0652. The topological polar surface area (TPSA) is 43.9 Å². The van der Waals surface area contributed by atoms with Gasteiger partial charge in [-0.2, -0.15) is 11.3 Å². The Morgan fingerprint density at radius 1 is 1.23 bits per heavy atom. The van der Waals surface area contributed by atoms with Gasteiger partial charge in [-0.05, 0) is 37.0 Å². The first-order valence-electron chi connectivity index (χ1n) is 8.58. The van der Waals surface area contributed by atoms with Crippen molar-refractivity contribution in [1.29, 1.82) is 0 Å². The van der Waals surface area contributed by atoms with Crippen LogP contribution >= 0.6 is 11.3 Å². The van der Waals surface area contributed by atoms with Gasteiger partial charge in [-0.3, -0.25) is 14.5 Å². The largest absolute Gasteiger partial charge is 0.337 e. The summed E-state index contributed by atoms with van der Waals surface area (Å²) in [6.45, 7) is 1.91. The second-order valence-corrected chi connectivity index (χ2v) is 7.78. The van der Waals surface area contributed by atoms with Gasteiger partial charge in [0, 0.05) is 25.0 Å². The van der Waals surface area contributed by atoms with E-state index in [2.05, 4.69) is 0 Å². The van der Waals surface area contributed by atoms with E-state index in [0.29, 0.717) is 26.2 Å². The Morgan fingerprint density at radius 3 is 2.77 bits per heavy atom. The SMILES string of the molecule is CN1CC(=O)N(c2ccsc2)CC12CCN(C(=O)c1ccccc1F)C2. The highest BCUT2D eigenvalue weighted by Crippen LogP contribution is 2.34. The molecule has 1 aromatic heterocycles. The molecule has 0 bridgehead atoms. The number of carbonyl (C=O) groups excluding carboxylic acids is 2. The number of nitrogens with zero attached hydrogens (tertiary/aromatic N) is 3. The second kappa shape index (κ2) is 6.48. The van der Waals surface area contributed by atoms with E-state index in [-0.39, 0.29) is 22.9 Å². The van der Waals surface area contributed by atoms with Crippen LogP contribution in [0.5, 0.6) is 0 Å². The Kier molecular flexibility index (Phi) is 4.28. The number of hydrogen-bond donors (Lipinski definition) is 0. The third-order valence-corrected chi connectivity index (χ3v) is 6.15. The standard InChI is InChI=1S/C19H20FN3O2S/c1-21-10-17(24)23(14-6-9-26-11-14)13-19(21)7-8-22(12-19)18(25)15-4-2-3-5-16(15)20/h2-6,9,11H,7-8,10,12-13H2,1H3. The molecule has 2 aromatic rings. The van der Waals surface area contributed by atoms with Crippen molar-refractivity contribution in [2.75, 3.05) is 38.1 Å². The maximum absolute atomic E-state index is 14.0. The predicted octanol–water partition coefficient (Wildman–Crippen LogP) is 2.45. The van der Waals surface area contributed by atoms with Crippen molar-refractivity contribution < 1.29 is 14.0 Å². The fourth-order valence-electron chi connectivity index (χ4n) is 3.88. The quantitative estimate of drug-likeness (QED) is 0.812. The first-order chi connectivity index (χ1) is 12.5. The van der Waals surface area contributed by atoms with Crippen molar-refractivity contribution in [3.63, 3.8) is 0 Å². The molecule has 1 unspecified atom stereocenters. The summed E-state index contributed by atoms with van der Waals surface area (Å²) >= 11 is 1.56. The Bertz CT molecular complexity index is 841. The van der Waals surface area contributed by atoms with Crippen LogP contribution in [-0.2, 0) is 4.79 Å². The molecule has 2 aliphatic heterocycles. The minimum atomic E-state index is -0.495. The first kappa shape index (κ1) is 17.2. The highest BCUT2D eigenvalue weighted by Gasteiger charge is 2.48. The number of likely N-dealkylation sites (N-methyl/N-ethyl adjacent to an activating group) is 1. The lowest BCUT2D eigenvalue weighted by Crippen LogP contribution is -2.64. The zero-order chi connectivity index (χ0) is 18.3. The number of halogens is 1. The highest BCUT2D eigenvalue weighted by molar-refractivity contribution is 7.08. The van der Waals surface area contributed by atoms with Gasteiger partial charge in [-0.1, -0.05) is 12.1 Å². The lowest BCUT2D eigenvalue weighted by molar-refractivity contribution is -0.123. The minimum Gasteiger partial charge on any atom is -0.337 e. The molecular formula is C19H20FN3O2S. The average molecular weight is 373 g/mol. The van der Waals surface area contributed by atoms with Crippen molar-refractivity contribution in [3.8, 4) is 0 Å². The van der Waals surface area contributed by atoms with Crippen LogP contribution in [0.2, 0.25) is 0 Å². The van der Waals surface area contributed by atoms with Crippen LogP contribution in [0, 0.1) is 5.82 Å². The summed E-state index contributed by atoms with van der Waals surface area (Å²) in [6.07, 6.45) is 0.762.